The number of likely N-dealkylation sites (tertiary alicyclic amines) is 1. The Labute approximate surface area is 130 Å². The Bertz CT molecular complexity index is 607. The van der Waals surface area contributed by atoms with Gasteiger partial charge in [-0.25, -0.2) is 0 Å². The van der Waals surface area contributed by atoms with Crippen molar-refractivity contribution in [2.24, 2.45) is 0 Å². The lowest BCUT2D eigenvalue weighted by atomic mass is 10.1. The summed E-state index contributed by atoms with van der Waals surface area (Å²) >= 11 is 5.01. The SMILES string of the molecule is Cc1cc(C(=O)N2CCCC2c2cccnc2)sc1Br. The molecule has 1 amide bonds. The fourth-order valence-electron chi connectivity index (χ4n) is 2.64. The smallest absolute Gasteiger partial charge is 0.264 e. The first kappa shape index (κ1) is 13.8. The summed E-state index contributed by atoms with van der Waals surface area (Å²) in [7, 11) is 0. The van der Waals surface area contributed by atoms with Crippen molar-refractivity contribution in [2.75, 3.05) is 6.54 Å². The van der Waals surface area contributed by atoms with E-state index in [9.17, 15) is 4.79 Å². The van der Waals surface area contributed by atoms with Crippen LogP contribution in [-0.4, -0.2) is 22.3 Å². The van der Waals surface area contributed by atoms with E-state index in [1.165, 1.54) is 11.3 Å². The van der Waals surface area contributed by atoms with Crippen molar-refractivity contribution in [2.45, 2.75) is 25.8 Å². The number of thiophene rings is 1. The fourth-order valence-corrected chi connectivity index (χ4v) is 4.13. The normalized spacial score (nSPS) is 18.5. The highest BCUT2D eigenvalue weighted by molar-refractivity contribution is 9.11. The van der Waals surface area contributed by atoms with Crippen molar-refractivity contribution >= 4 is 33.2 Å². The van der Waals surface area contributed by atoms with Gasteiger partial charge in [0.15, 0.2) is 0 Å². The van der Waals surface area contributed by atoms with Crippen molar-refractivity contribution in [1.82, 2.24) is 9.88 Å². The van der Waals surface area contributed by atoms with Crippen molar-refractivity contribution in [1.29, 1.82) is 0 Å². The van der Waals surface area contributed by atoms with Gasteiger partial charge in [0.25, 0.3) is 5.91 Å². The molecule has 0 radical (unpaired) electrons. The summed E-state index contributed by atoms with van der Waals surface area (Å²) in [6.07, 6.45) is 5.70. The summed E-state index contributed by atoms with van der Waals surface area (Å²) in [5, 5.41) is 0. The molecule has 0 aromatic carbocycles. The minimum atomic E-state index is 0.134. The molecule has 104 valence electrons. The van der Waals surface area contributed by atoms with Gasteiger partial charge < -0.3 is 4.90 Å². The first-order valence-corrected chi connectivity index (χ1v) is 8.24. The average Bonchev–Trinajstić information content (AvgIpc) is 3.07. The van der Waals surface area contributed by atoms with Crippen LogP contribution in [0.25, 0.3) is 0 Å². The first-order valence-electron chi connectivity index (χ1n) is 6.63. The molecule has 0 saturated carbocycles. The number of aromatic nitrogens is 1. The van der Waals surface area contributed by atoms with E-state index in [0.29, 0.717) is 0 Å². The number of pyridine rings is 1. The van der Waals surface area contributed by atoms with Crippen LogP contribution in [0.1, 0.15) is 39.7 Å². The largest absolute Gasteiger partial charge is 0.331 e. The molecule has 0 bridgehead atoms. The molecule has 3 rings (SSSR count). The minimum absolute atomic E-state index is 0.134. The molecule has 1 atom stereocenters. The number of aryl methyl sites for hydroxylation is 1. The molecule has 3 heterocycles. The molecule has 1 aliphatic heterocycles. The van der Waals surface area contributed by atoms with Crippen LogP contribution in [0.4, 0.5) is 0 Å². The van der Waals surface area contributed by atoms with Gasteiger partial charge in [-0.15, -0.1) is 11.3 Å². The fraction of sp³-hybridized carbons (Fsp3) is 0.333. The number of halogens is 1. The van der Waals surface area contributed by atoms with Crippen molar-refractivity contribution in [3.05, 3.63) is 50.4 Å². The van der Waals surface area contributed by atoms with E-state index in [2.05, 4.69) is 27.0 Å². The molecule has 2 aromatic heterocycles. The zero-order chi connectivity index (χ0) is 14.1. The summed E-state index contributed by atoms with van der Waals surface area (Å²) in [5.41, 5.74) is 2.25. The minimum Gasteiger partial charge on any atom is -0.331 e. The zero-order valence-electron chi connectivity index (χ0n) is 11.2. The molecular formula is C15H15BrN2OS. The third-order valence-corrected chi connectivity index (χ3v) is 5.78. The maximum Gasteiger partial charge on any atom is 0.264 e. The molecule has 0 N–H and O–H groups in total. The van der Waals surface area contributed by atoms with Gasteiger partial charge in [0.05, 0.1) is 14.7 Å². The zero-order valence-corrected chi connectivity index (χ0v) is 13.6. The molecule has 3 nitrogen and oxygen atoms in total. The monoisotopic (exact) mass is 350 g/mol. The number of rotatable bonds is 2. The Hall–Kier alpha value is -1.20. The lowest BCUT2D eigenvalue weighted by molar-refractivity contribution is 0.0740. The van der Waals surface area contributed by atoms with Crippen molar-refractivity contribution < 1.29 is 4.79 Å². The highest BCUT2D eigenvalue weighted by atomic mass is 79.9. The molecule has 1 fully saturated rings. The molecule has 0 aliphatic carbocycles. The number of carbonyl (C=O) groups excluding carboxylic acids is 1. The molecule has 2 aromatic rings. The van der Waals surface area contributed by atoms with Crippen LogP contribution in [0.2, 0.25) is 0 Å². The summed E-state index contributed by atoms with van der Waals surface area (Å²) in [5.74, 6) is 0.134. The van der Waals surface area contributed by atoms with Gasteiger partial charge in [-0.2, -0.15) is 0 Å². The Balaban J connectivity index is 1.87. The standard InChI is InChI=1S/C15H15BrN2OS/c1-10-8-13(20-14(10)16)15(19)18-7-3-5-12(18)11-4-2-6-17-9-11/h2,4,6,8-9,12H,3,5,7H2,1H3. The highest BCUT2D eigenvalue weighted by Gasteiger charge is 2.31. The average molecular weight is 351 g/mol. The van der Waals surface area contributed by atoms with Crippen LogP contribution >= 0.6 is 27.3 Å². The summed E-state index contributed by atoms with van der Waals surface area (Å²) in [4.78, 5) is 19.7. The predicted octanol–water partition coefficient (Wildman–Crippen LogP) is 4.19. The van der Waals surface area contributed by atoms with Gasteiger partial charge >= 0.3 is 0 Å². The predicted molar refractivity (Wildman–Crippen MR) is 84.0 cm³/mol. The molecular weight excluding hydrogens is 336 g/mol. The third-order valence-electron chi connectivity index (χ3n) is 3.65. The first-order chi connectivity index (χ1) is 9.66. The van der Waals surface area contributed by atoms with Gasteiger partial charge in [-0.05, 0) is 59.0 Å². The lowest BCUT2D eigenvalue weighted by Gasteiger charge is -2.24. The second kappa shape index (κ2) is 5.66. The quantitative estimate of drug-likeness (QED) is 0.813. The van der Waals surface area contributed by atoms with Crippen LogP contribution in [-0.2, 0) is 0 Å². The van der Waals surface area contributed by atoms with Crippen LogP contribution < -0.4 is 0 Å². The Morgan fingerprint density at radius 2 is 2.40 bits per heavy atom. The molecule has 1 saturated heterocycles. The van der Waals surface area contributed by atoms with Crippen LogP contribution in [0.15, 0.2) is 34.4 Å². The maximum atomic E-state index is 12.7. The van der Waals surface area contributed by atoms with Gasteiger partial charge in [-0.1, -0.05) is 6.07 Å². The number of nitrogens with zero attached hydrogens (tertiary/aromatic N) is 2. The van der Waals surface area contributed by atoms with E-state index in [-0.39, 0.29) is 11.9 Å². The third kappa shape index (κ3) is 2.52. The van der Waals surface area contributed by atoms with E-state index in [4.69, 9.17) is 0 Å². The van der Waals surface area contributed by atoms with E-state index in [1.54, 1.807) is 6.20 Å². The van der Waals surface area contributed by atoms with E-state index in [0.717, 1.165) is 39.2 Å². The molecule has 1 unspecified atom stereocenters. The number of hydrogen-bond donors (Lipinski definition) is 0. The Morgan fingerprint density at radius 3 is 3.05 bits per heavy atom. The highest BCUT2D eigenvalue weighted by Crippen LogP contribution is 2.35. The number of carbonyl (C=O) groups is 1. The number of amides is 1. The molecule has 20 heavy (non-hydrogen) atoms. The van der Waals surface area contributed by atoms with Gasteiger partial charge in [-0.3, -0.25) is 9.78 Å². The van der Waals surface area contributed by atoms with Crippen LogP contribution in [0.3, 0.4) is 0 Å². The van der Waals surface area contributed by atoms with E-state index >= 15 is 0 Å². The Morgan fingerprint density at radius 1 is 1.55 bits per heavy atom. The topological polar surface area (TPSA) is 33.2 Å². The van der Waals surface area contributed by atoms with Crippen molar-refractivity contribution in [3.8, 4) is 0 Å². The second-order valence-corrected chi connectivity index (χ2v) is 7.38. The van der Waals surface area contributed by atoms with Gasteiger partial charge in [0.1, 0.15) is 0 Å². The number of hydrogen-bond acceptors (Lipinski definition) is 3. The van der Waals surface area contributed by atoms with E-state index in [1.807, 2.05) is 30.2 Å². The van der Waals surface area contributed by atoms with Crippen LogP contribution in [0, 0.1) is 6.92 Å². The van der Waals surface area contributed by atoms with Gasteiger partial charge in [0.2, 0.25) is 0 Å². The van der Waals surface area contributed by atoms with Crippen molar-refractivity contribution in [3.63, 3.8) is 0 Å². The molecule has 1 aliphatic rings. The van der Waals surface area contributed by atoms with Gasteiger partial charge in [0, 0.05) is 18.9 Å². The summed E-state index contributed by atoms with van der Waals surface area (Å²) < 4.78 is 1.04. The summed E-state index contributed by atoms with van der Waals surface area (Å²) in [6, 6.07) is 6.12. The maximum absolute atomic E-state index is 12.7. The lowest BCUT2D eigenvalue weighted by Crippen LogP contribution is -2.30. The Kier molecular flexibility index (Phi) is 3.89. The van der Waals surface area contributed by atoms with E-state index < -0.39 is 0 Å². The summed E-state index contributed by atoms with van der Waals surface area (Å²) in [6.45, 7) is 2.84. The molecule has 0 spiro atoms. The second-order valence-electron chi connectivity index (χ2n) is 5.01. The molecule has 5 heteroatoms. The van der Waals surface area contributed by atoms with Crippen LogP contribution in [0.5, 0.6) is 0 Å².